The van der Waals surface area contributed by atoms with E-state index in [0.29, 0.717) is 28.6 Å². The third-order valence-corrected chi connectivity index (χ3v) is 2.30. The van der Waals surface area contributed by atoms with Crippen molar-refractivity contribution >= 4 is 5.69 Å². The topological polar surface area (TPSA) is 81.2 Å². The standard InChI is InChI=1S/C13H11N3O2/c1-17-12-3-2-6-16-13(12)18-11-5-4-9(8-14)7-10(11)15/h2-7H,15H2,1H3. The minimum Gasteiger partial charge on any atom is -0.491 e. The molecule has 1 aromatic heterocycles. The number of aromatic nitrogens is 1. The summed E-state index contributed by atoms with van der Waals surface area (Å²) in [5.41, 5.74) is 6.65. The molecule has 0 amide bonds. The summed E-state index contributed by atoms with van der Waals surface area (Å²) in [5, 5.41) is 8.75. The van der Waals surface area contributed by atoms with Crippen LogP contribution in [0.25, 0.3) is 0 Å². The van der Waals surface area contributed by atoms with Crippen LogP contribution in [0.2, 0.25) is 0 Å². The molecule has 5 heteroatoms. The van der Waals surface area contributed by atoms with Gasteiger partial charge in [0.05, 0.1) is 24.4 Å². The molecule has 0 bridgehead atoms. The van der Waals surface area contributed by atoms with Gasteiger partial charge in [0.15, 0.2) is 11.5 Å². The molecule has 0 aliphatic carbocycles. The van der Waals surface area contributed by atoms with Gasteiger partial charge in [-0.3, -0.25) is 0 Å². The van der Waals surface area contributed by atoms with Crippen LogP contribution in [0.3, 0.4) is 0 Å². The van der Waals surface area contributed by atoms with Crippen molar-refractivity contribution in [3.05, 3.63) is 42.1 Å². The Morgan fingerprint density at radius 1 is 1.28 bits per heavy atom. The molecule has 1 heterocycles. The lowest BCUT2D eigenvalue weighted by Gasteiger charge is -2.10. The number of methoxy groups -OCH3 is 1. The van der Waals surface area contributed by atoms with Gasteiger partial charge in [-0.15, -0.1) is 0 Å². The van der Waals surface area contributed by atoms with Crippen LogP contribution in [0, 0.1) is 11.3 Å². The maximum absolute atomic E-state index is 8.75. The van der Waals surface area contributed by atoms with E-state index in [-0.39, 0.29) is 0 Å². The van der Waals surface area contributed by atoms with E-state index in [9.17, 15) is 0 Å². The summed E-state index contributed by atoms with van der Waals surface area (Å²) in [6.45, 7) is 0. The highest BCUT2D eigenvalue weighted by Gasteiger charge is 2.08. The smallest absolute Gasteiger partial charge is 0.262 e. The molecule has 0 fully saturated rings. The summed E-state index contributed by atoms with van der Waals surface area (Å²) >= 11 is 0. The van der Waals surface area contributed by atoms with Crippen LogP contribution in [0.4, 0.5) is 5.69 Å². The first-order valence-corrected chi connectivity index (χ1v) is 5.21. The van der Waals surface area contributed by atoms with Gasteiger partial charge < -0.3 is 15.2 Å². The number of nitrogens with zero attached hydrogens (tertiary/aromatic N) is 2. The van der Waals surface area contributed by atoms with E-state index >= 15 is 0 Å². The van der Waals surface area contributed by atoms with Gasteiger partial charge in [-0.25, -0.2) is 4.98 Å². The predicted molar refractivity (Wildman–Crippen MR) is 66.4 cm³/mol. The number of nitrogen functional groups attached to an aromatic ring is 1. The van der Waals surface area contributed by atoms with Gasteiger partial charge >= 0.3 is 0 Å². The van der Waals surface area contributed by atoms with E-state index in [4.69, 9.17) is 20.5 Å². The van der Waals surface area contributed by atoms with E-state index in [2.05, 4.69) is 4.98 Å². The first kappa shape index (κ1) is 11.7. The number of nitriles is 1. The molecule has 0 radical (unpaired) electrons. The number of hydrogen-bond acceptors (Lipinski definition) is 5. The van der Waals surface area contributed by atoms with Crippen molar-refractivity contribution in [2.45, 2.75) is 0 Å². The maximum atomic E-state index is 8.75. The molecule has 0 aliphatic heterocycles. The SMILES string of the molecule is COc1cccnc1Oc1ccc(C#N)cc1N. The summed E-state index contributed by atoms with van der Waals surface area (Å²) in [4.78, 5) is 4.06. The van der Waals surface area contributed by atoms with Crippen LogP contribution < -0.4 is 15.2 Å². The number of pyridine rings is 1. The Bertz CT molecular complexity index is 605. The summed E-state index contributed by atoms with van der Waals surface area (Å²) in [5.74, 6) is 1.28. The molecule has 0 aliphatic rings. The summed E-state index contributed by atoms with van der Waals surface area (Å²) in [7, 11) is 1.53. The molecule has 0 saturated carbocycles. The second-order valence-electron chi connectivity index (χ2n) is 3.48. The van der Waals surface area contributed by atoms with E-state index in [0.717, 1.165) is 0 Å². The van der Waals surface area contributed by atoms with Crippen molar-refractivity contribution in [2.24, 2.45) is 0 Å². The molecule has 2 aromatic rings. The van der Waals surface area contributed by atoms with Crippen LogP contribution in [0.15, 0.2) is 36.5 Å². The van der Waals surface area contributed by atoms with Crippen molar-refractivity contribution in [1.29, 1.82) is 5.26 Å². The monoisotopic (exact) mass is 241 g/mol. The van der Waals surface area contributed by atoms with Crippen LogP contribution in [-0.2, 0) is 0 Å². The Kier molecular flexibility index (Phi) is 3.30. The van der Waals surface area contributed by atoms with E-state index in [1.165, 1.54) is 7.11 Å². The van der Waals surface area contributed by atoms with E-state index in [1.54, 1.807) is 36.5 Å². The van der Waals surface area contributed by atoms with Crippen LogP contribution >= 0.6 is 0 Å². The number of rotatable bonds is 3. The summed E-state index contributed by atoms with van der Waals surface area (Å²) < 4.78 is 10.7. The maximum Gasteiger partial charge on any atom is 0.262 e. The second kappa shape index (κ2) is 5.06. The lowest BCUT2D eigenvalue weighted by atomic mass is 10.2. The molecule has 2 N–H and O–H groups in total. The molecule has 0 atom stereocenters. The number of nitrogens with two attached hydrogens (primary N) is 1. The van der Waals surface area contributed by atoms with Gasteiger partial charge in [-0.05, 0) is 30.3 Å². The normalized spacial score (nSPS) is 9.56. The minimum atomic E-state index is 0.330. The second-order valence-corrected chi connectivity index (χ2v) is 3.48. The molecule has 0 spiro atoms. The van der Waals surface area contributed by atoms with Gasteiger partial charge in [-0.1, -0.05) is 0 Å². The highest BCUT2D eigenvalue weighted by atomic mass is 16.5. The molecule has 0 saturated heterocycles. The molecule has 0 unspecified atom stereocenters. The molecule has 18 heavy (non-hydrogen) atoms. The Hall–Kier alpha value is -2.74. The van der Waals surface area contributed by atoms with Gasteiger partial charge in [0, 0.05) is 6.20 Å². The fourth-order valence-electron chi connectivity index (χ4n) is 1.42. The highest BCUT2D eigenvalue weighted by Crippen LogP contribution is 2.32. The molecule has 5 nitrogen and oxygen atoms in total. The summed E-state index contributed by atoms with van der Waals surface area (Å²) in [6.07, 6.45) is 1.59. The number of benzene rings is 1. The third kappa shape index (κ3) is 2.33. The summed E-state index contributed by atoms with van der Waals surface area (Å²) in [6, 6.07) is 10.3. The van der Waals surface area contributed by atoms with Gasteiger partial charge in [0.1, 0.15) is 0 Å². The highest BCUT2D eigenvalue weighted by molar-refractivity contribution is 5.58. The molecule has 2 rings (SSSR count). The van der Waals surface area contributed by atoms with Crippen LogP contribution in [0.1, 0.15) is 5.56 Å². The fraction of sp³-hybridized carbons (Fsp3) is 0.0769. The molecular weight excluding hydrogens is 230 g/mol. The first-order chi connectivity index (χ1) is 8.74. The van der Waals surface area contributed by atoms with Crippen molar-refractivity contribution in [3.63, 3.8) is 0 Å². The Labute approximate surface area is 104 Å². The van der Waals surface area contributed by atoms with Gasteiger partial charge in [0.2, 0.25) is 0 Å². The molecule has 90 valence electrons. The Balaban J connectivity index is 2.32. The van der Waals surface area contributed by atoms with Gasteiger partial charge in [-0.2, -0.15) is 5.26 Å². The van der Waals surface area contributed by atoms with E-state index < -0.39 is 0 Å². The molecule has 1 aromatic carbocycles. The number of ether oxygens (including phenoxy) is 2. The zero-order valence-electron chi connectivity index (χ0n) is 9.75. The average Bonchev–Trinajstić information content (AvgIpc) is 2.41. The predicted octanol–water partition coefficient (Wildman–Crippen LogP) is 2.34. The lowest BCUT2D eigenvalue weighted by molar-refractivity contribution is 0.370. The zero-order chi connectivity index (χ0) is 13.0. The number of hydrogen-bond donors (Lipinski definition) is 1. The van der Waals surface area contributed by atoms with Crippen molar-refractivity contribution in [1.82, 2.24) is 4.98 Å². The largest absolute Gasteiger partial charge is 0.491 e. The van der Waals surface area contributed by atoms with Crippen molar-refractivity contribution in [3.8, 4) is 23.4 Å². The van der Waals surface area contributed by atoms with Crippen molar-refractivity contribution < 1.29 is 9.47 Å². The fourth-order valence-corrected chi connectivity index (χ4v) is 1.42. The van der Waals surface area contributed by atoms with Crippen LogP contribution in [-0.4, -0.2) is 12.1 Å². The lowest BCUT2D eigenvalue weighted by Crippen LogP contribution is -1.96. The molecular formula is C13H11N3O2. The average molecular weight is 241 g/mol. The van der Waals surface area contributed by atoms with Crippen molar-refractivity contribution in [2.75, 3.05) is 12.8 Å². The number of anilines is 1. The van der Waals surface area contributed by atoms with E-state index in [1.807, 2.05) is 6.07 Å². The third-order valence-electron chi connectivity index (χ3n) is 2.30. The minimum absolute atomic E-state index is 0.330. The Morgan fingerprint density at radius 3 is 2.78 bits per heavy atom. The first-order valence-electron chi connectivity index (χ1n) is 5.21. The zero-order valence-corrected chi connectivity index (χ0v) is 9.75. The van der Waals surface area contributed by atoms with Crippen LogP contribution in [0.5, 0.6) is 17.4 Å². The Morgan fingerprint density at radius 2 is 2.11 bits per heavy atom. The van der Waals surface area contributed by atoms with Gasteiger partial charge in [0.25, 0.3) is 5.88 Å². The quantitative estimate of drug-likeness (QED) is 0.834.